The molecule has 2 amide bonds. The Morgan fingerprint density at radius 3 is 2.46 bits per heavy atom. The summed E-state index contributed by atoms with van der Waals surface area (Å²) >= 11 is 0. The summed E-state index contributed by atoms with van der Waals surface area (Å²) in [6, 6.07) is 12.1. The number of nitriles is 1. The number of nitro benzene ring substituents is 1. The van der Waals surface area contributed by atoms with Crippen molar-refractivity contribution < 1.29 is 19.4 Å². The first-order valence-corrected chi connectivity index (χ1v) is 10.9. The molecule has 0 saturated heterocycles. The first-order chi connectivity index (χ1) is 18.8. The molecular formula is C24H15N9O6. The average Bonchev–Trinajstić information content (AvgIpc) is 2.94. The van der Waals surface area contributed by atoms with Crippen LogP contribution in [0.4, 0.5) is 11.4 Å². The largest absolute Gasteiger partial charge is 0.319 e. The van der Waals surface area contributed by atoms with Crippen molar-refractivity contribution >= 4 is 39.9 Å². The van der Waals surface area contributed by atoms with E-state index in [1.54, 1.807) is 6.07 Å². The number of benzene rings is 2. The third-order valence-electron chi connectivity index (χ3n) is 5.25. The van der Waals surface area contributed by atoms with Crippen molar-refractivity contribution in [2.45, 2.75) is 6.04 Å². The van der Waals surface area contributed by atoms with Crippen molar-refractivity contribution in [1.29, 1.82) is 5.26 Å². The standard InChI is InChI=1S/C24H15N9O6/c25-12-15-3-1-2-4-17(15)29-24(35)21(30-31-23(34)14-7-9-26-10-8-14)22(33(38)39)20-13-27-18-6-5-16(32(36)37)11-19(18)28-20/h1-11,13,22H,(H,29,35)(H,31,34)/b30-21+. The molecule has 0 aliphatic heterocycles. The number of rotatable bonds is 8. The SMILES string of the molecule is N#Cc1ccccc1NC(=O)/C(=N/NC(=O)c1ccncc1)C(c1cnc2ccc([N+](=O)[O-])cc2n1)[N+](=O)[O-]. The Kier molecular flexibility index (Phi) is 7.48. The number of aromatic nitrogens is 3. The molecule has 0 bridgehead atoms. The van der Waals surface area contributed by atoms with Gasteiger partial charge in [0.1, 0.15) is 11.8 Å². The Morgan fingerprint density at radius 1 is 1.03 bits per heavy atom. The van der Waals surface area contributed by atoms with Crippen LogP contribution in [0, 0.1) is 31.6 Å². The fourth-order valence-corrected chi connectivity index (χ4v) is 3.40. The molecule has 1 unspecified atom stereocenters. The number of fused-ring (bicyclic) bond motifs is 1. The van der Waals surface area contributed by atoms with Gasteiger partial charge < -0.3 is 5.32 Å². The van der Waals surface area contributed by atoms with Crippen LogP contribution in [-0.4, -0.2) is 42.3 Å². The maximum Gasteiger partial charge on any atom is 0.304 e. The Bertz CT molecular complexity index is 1680. The van der Waals surface area contributed by atoms with E-state index < -0.39 is 33.4 Å². The molecule has 2 aromatic carbocycles. The Morgan fingerprint density at radius 2 is 1.77 bits per heavy atom. The molecule has 2 aromatic heterocycles. The number of nitro groups is 2. The number of hydrazone groups is 1. The number of amides is 2. The molecule has 15 heteroatoms. The highest BCUT2D eigenvalue weighted by atomic mass is 16.6. The molecular weight excluding hydrogens is 510 g/mol. The number of hydrogen-bond acceptors (Lipinski definition) is 11. The van der Waals surface area contributed by atoms with Gasteiger partial charge in [-0.1, -0.05) is 12.1 Å². The van der Waals surface area contributed by atoms with Gasteiger partial charge in [0.2, 0.25) is 5.71 Å². The van der Waals surface area contributed by atoms with Crippen LogP contribution in [0.1, 0.15) is 27.7 Å². The number of nitrogens with one attached hydrogen (secondary N) is 2. The van der Waals surface area contributed by atoms with Crippen LogP contribution in [0.2, 0.25) is 0 Å². The zero-order valence-corrected chi connectivity index (χ0v) is 19.6. The first kappa shape index (κ1) is 25.9. The molecule has 192 valence electrons. The Labute approximate surface area is 218 Å². The molecule has 1 atom stereocenters. The highest BCUT2D eigenvalue weighted by molar-refractivity contribution is 6.44. The van der Waals surface area contributed by atoms with Crippen LogP contribution in [-0.2, 0) is 4.79 Å². The number of non-ortho nitro benzene ring substituents is 1. The van der Waals surface area contributed by atoms with Gasteiger partial charge in [-0.2, -0.15) is 10.4 Å². The molecule has 4 rings (SSSR count). The van der Waals surface area contributed by atoms with E-state index in [2.05, 4.69) is 30.8 Å². The van der Waals surface area contributed by atoms with Crippen LogP contribution in [0.15, 0.2) is 78.3 Å². The van der Waals surface area contributed by atoms with Gasteiger partial charge in [-0.05, 0) is 30.3 Å². The summed E-state index contributed by atoms with van der Waals surface area (Å²) in [5, 5.41) is 38.9. The number of carbonyl (C=O) groups excluding carboxylic acids is 2. The molecule has 0 aliphatic carbocycles. The van der Waals surface area contributed by atoms with E-state index in [1.165, 1.54) is 54.9 Å². The molecule has 4 aromatic rings. The van der Waals surface area contributed by atoms with Gasteiger partial charge in [0.25, 0.3) is 17.5 Å². The minimum atomic E-state index is -2.06. The molecule has 2 heterocycles. The van der Waals surface area contributed by atoms with E-state index in [0.29, 0.717) is 0 Å². The minimum absolute atomic E-state index is 0.0380. The van der Waals surface area contributed by atoms with Crippen LogP contribution >= 0.6 is 0 Å². The lowest BCUT2D eigenvalue weighted by Crippen LogP contribution is -2.36. The van der Waals surface area contributed by atoms with Crippen LogP contribution in [0.25, 0.3) is 11.0 Å². The number of carbonyl (C=O) groups is 2. The van der Waals surface area contributed by atoms with Gasteiger partial charge in [-0.3, -0.25) is 39.8 Å². The molecule has 0 fully saturated rings. The second kappa shape index (κ2) is 11.3. The summed E-state index contributed by atoms with van der Waals surface area (Å²) in [5.74, 6) is -1.90. The van der Waals surface area contributed by atoms with E-state index in [1.807, 2.05) is 6.07 Å². The number of nitrogens with zero attached hydrogens (tertiary/aromatic N) is 7. The lowest BCUT2D eigenvalue weighted by molar-refractivity contribution is -0.509. The van der Waals surface area contributed by atoms with Gasteiger partial charge in [-0.25, -0.2) is 10.4 Å². The maximum atomic E-state index is 13.3. The van der Waals surface area contributed by atoms with E-state index in [0.717, 1.165) is 12.3 Å². The van der Waals surface area contributed by atoms with Crippen molar-refractivity contribution in [2.24, 2.45) is 5.10 Å². The third kappa shape index (κ3) is 5.81. The third-order valence-corrected chi connectivity index (χ3v) is 5.25. The van der Waals surface area contributed by atoms with Crippen LogP contribution in [0.3, 0.4) is 0 Å². The van der Waals surface area contributed by atoms with Gasteiger partial charge in [-0.15, -0.1) is 0 Å². The van der Waals surface area contributed by atoms with Gasteiger partial charge in [0, 0.05) is 35.0 Å². The lowest BCUT2D eigenvalue weighted by Gasteiger charge is -2.13. The second-order valence-electron chi connectivity index (χ2n) is 7.70. The maximum absolute atomic E-state index is 13.3. The predicted molar refractivity (Wildman–Crippen MR) is 135 cm³/mol. The van der Waals surface area contributed by atoms with Crippen molar-refractivity contribution in [1.82, 2.24) is 20.4 Å². The molecule has 0 spiro atoms. The molecule has 0 saturated carbocycles. The van der Waals surface area contributed by atoms with E-state index in [9.17, 15) is 35.1 Å². The Balaban J connectivity index is 1.79. The van der Waals surface area contributed by atoms with Gasteiger partial charge in [0.05, 0.1) is 33.4 Å². The monoisotopic (exact) mass is 525 g/mol. The van der Waals surface area contributed by atoms with Crippen molar-refractivity contribution in [2.75, 3.05) is 5.32 Å². The first-order valence-electron chi connectivity index (χ1n) is 10.9. The highest BCUT2D eigenvalue weighted by Crippen LogP contribution is 2.23. The molecule has 0 radical (unpaired) electrons. The summed E-state index contributed by atoms with van der Waals surface area (Å²) in [6.07, 6.45) is 3.71. The summed E-state index contributed by atoms with van der Waals surface area (Å²) in [7, 11) is 0. The fraction of sp³-hybridized carbons (Fsp3) is 0.0417. The summed E-state index contributed by atoms with van der Waals surface area (Å²) in [5.41, 5.74) is 1.01. The van der Waals surface area contributed by atoms with E-state index in [4.69, 9.17) is 0 Å². The molecule has 2 N–H and O–H groups in total. The smallest absolute Gasteiger partial charge is 0.304 e. The predicted octanol–water partition coefficient (Wildman–Crippen LogP) is 2.55. The highest BCUT2D eigenvalue weighted by Gasteiger charge is 2.37. The Hall–Kier alpha value is -6.17. The zero-order chi connectivity index (χ0) is 27.9. The minimum Gasteiger partial charge on any atom is -0.319 e. The summed E-state index contributed by atoms with van der Waals surface area (Å²) < 4.78 is 0. The normalized spacial score (nSPS) is 11.7. The van der Waals surface area contributed by atoms with Crippen LogP contribution < -0.4 is 10.7 Å². The van der Waals surface area contributed by atoms with Gasteiger partial charge >= 0.3 is 6.04 Å². The van der Waals surface area contributed by atoms with Gasteiger partial charge in [0.15, 0.2) is 0 Å². The van der Waals surface area contributed by atoms with E-state index >= 15 is 0 Å². The van der Waals surface area contributed by atoms with E-state index in [-0.39, 0.29) is 39.2 Å². The molecule has 0 aliphatic rings. The second-order valence-corrected chi connectivity index (χ2v) is 7.70. The number of hydrogen-bond donors (Lipinski definition) is 2. The number of anilines is 1. The molecule has 15 nitrogen and oxygen atoms in total. The zero-order valence-electron chi connectivity index (χ0n) is 19.6. The van der Waals surface area contributed by atoms with Crippen molar-refractivity contribution in [3.63, 3.8) is 0 Å². The topological polar surface area (TPSA) is 219 Å². The quantitative estimate of drug-likeness (QED) is 0.194. The summed E-state index contributed by atoms with van der Waals surface area (Å²) in [6.45, 7) is 0. The summed E-state index contributed by atoms with van der Waals surface area (Å²) in [4.78, 5) is 59.7. The van der Waals surface area contributed by atoms with Crippen molar-refractivity contribution in [3.05, 3.63) is 110 Å². The molecule has 39 heavy (non-hydrogen) atoms. The number of pyridine rings is 1. The lowest BCUT2D eigenvalue weighted by atomic mass is 10.1. The van der Waals surface area contributed by atoms with Crippen LogP contribution in [0.5, 0.6) is 0 Å². The number of para-hydroxylation sites is 1. The van der Waals surface area contributed by atoms with Crippen molar-refractivity contribution in [3.8, 4) is 6.07 Å². The fourth-order valence-electron chi connectivity index (χ4n) is 3.40. The average molecular weight is 525 g/mol.